The first-order chi connectivity index (χ1) is 14.8. The molecule has 2 atom stereocenters. The molecule has 7 heteroatoms. The lowest BCUT2D eigenvalue weighted by molar-refractivity contribution is 0.00107. The SMILES string of the molecule is O=C(OCCN1CCOC1c1ccccc1)OCCN1CCOC1c1ccccc1. The molecule has 2 aliphatic rings. The van der Waals surface area contributed by atoms with E-state index in [2.05, 4.69) is 9.80 Å². The Labute approximate surface area is 177 Å². The van der Waals surface area contributed by atoms with Crippen LogP contribution < -0.4 is 0 Å². The summed E-state index contributed by atoms with van der Waals surface area (Å²) >= 11 is 0. The molecule has 0 N–H and O–H groups in total. The van der Waals surface area contributed by atoms with E-state index in [9.17, 15) is 4.79 Å². The fraction of sp³-hybridized carbons (Fsp3) is 0.435. The van der Waals surface area contributed by atoms with Gasteiger partial charge in [-0.05, 0) is 11.1 Å². The first kappa shape index (κ1) is 20.8. The summed E-state index contributed by atoms with van der Waals surface area (Å²) in [6.07, 6.45) is -0.811. The van der Waals surface area contributed by atoms with Crippen LogP contribution in [-0.2, 0) is 18.9 Å². The van der Waals surface area contributed by atoms with E-state index in [1.165, 1.54) is 0 Å². The summed E-state index contributed by atoms with van der Waals surface area (Å²) in [4.78, 5) is 16.3. The Hall–Kier alpha value is -2.45. The first-order valence-electron chi connectivity index (χ1n) is 10.4. The van der Waals surface area contributed by atoms with Gasteiger partial charge in [0, 0.05) is 26.2 Å². The summed E-state index contributed by atoms with van der Waals surface area (Å²) in [6.45, 7) is 4.71. The average molecular weight is 412 g/mol. The second-order valence-corrected chi connectivity index (χ2v) is 7.29. The average Bonchev–Trinajstić information content (AvgIpc) is 3.45. The summed E-state index contributed by atoms with van der Waals surface area (Å²) in [5.74, 6) is 0. The van der Waals surface area contributed by atoms with Gasteiger partial charge in [-0.3, -0.25) is 9.80 Å². The quantitative estimate of drug-likeness (QED) is 0.617. The van der Waals surface area contributed by atoms with E-state index in [1.54, 1.807) is 0 Å². The van der Waals surface area contributed by atoms with E-state index in [0.29, 0.717) is 26.3 Å². The van der Waals surface area contributed by atoms with Crippen molar-refractivity contribution in [1.82, 2.24) is 9.80 Å². The molecule has 0 saturated carbocycles. The molecule has 0 radical (unpaired) electrons. The standard InChI is InChI=1S/C23H28N2O5/c26-23(29-17-13-24-11-15-27-21(24)19-7-3-1-4-8-19)30-18-14-25-12-16-28-22(25)20-9-5-2-6-10-20/h1-10,21-22H,11-18H2. The summed E-state index contributed by atoms with van der Waals surface area (Å²) in [5, 5.41) is 0. The van der Waals surface area contributed by atoms with Crippen molar-refractivity contribution in [3.05, 3.63) is 71.8 Å². The second kappa shape index (κ2) is 10.5. The maximum absolute atomic E-state index is 11.9. The molecule has 2 fully saturated rings. The number of benzene rings is 2. The Bertz CT molecular complexity index is 723. The van der Waals surface area contributed by atoms with Gasteiger partial charge in [0.25, 0.3) is 0 Å². The lowest BCUT2D eigenvalue weighted by atomic mass is 10.2. The van der Waals surface area contributed by atoms with Gasteiger partial charge in [0.1, 0.15) is 25.7 Å². The van der Waals surface area contributed by atoms with Gasteiger partial charge < -0.3 is 18.9 Å². The molecule has 160 valence electrons. The van der Waals surface area contributed by atoms with E-state index in [1.807, 2.05) is 60.7 Å². The van der Waals surface area contributed by atoms with Crippen LogP contribution in [0.4, 0.5) is 4.79 Å². The molecule has 2 unspecified atom stereocenters. The third kappa shape index (κ3) is 5.37. The highest BCUT2D eigenvalue weighted by Gasteiger charge is 2.28. The highest BCUT2D eigenvalue weighted by atomic mass is 16.7. The predicted octanol–water partition coefficient (Wildman–Crippen LogP) is 3.20. The third-order valence-corrected chi connectivity index (χ3v) is 5.34. The maximum Gasteiger partial charge on any atom is 0.508 e. The zero-order valence-electron chi connectivity index (χ0n) is 17.0. The Morgan fingerprint density at radius 2 is 1.20 bits per heavy atom. The van der Waals surface area contributed by atoms with Crippen molar-refractivity contribution in [1.29, 1.82) is 0 Å². The number of hydrogen-bond donors (Lipinski definition) is 0. The van der Waals surface area contributed by atoms with Crippen molar-refractivity contribution >= 4 is 6.16 Å². The van der Waals surface area contributed by atoms with Gasteiger partial charge in [0.2, 0.25) is 0 Å². The van der Waals surface area contributed by atoms with E-state index in [0.717, 1.165) is 24.2 Å². The monoisotopic (exact) mass is 412 g/mol. The molecule has 0 aliphatic carbocycles. The normalized spacial score (nSPS) is 22.3. The van der Waals surface area contributed by atoms with Gasteiger partial charge in [-0.25, -0.2) is 4.79 Å². The molecular formula is C23H28N2O5. The Balaban J connectivity index is 1.15. The van der Waals surface area contributed by atoms with Gasteiger partial charge in [0.05, 0.1) is 13.2 Å². The Kier molecular flexibility index (Phi) is 7.31. The smallest absolute Gasteiger partial charge is 0.433 e. The van der Waals surface area contributed by atoms with Gasteiger partial charge in [-0.15, -0.1) is 0 Å². The van der Waals surface area contributed by atoms with Crippen LogP contribution in [0.1, 0.15) is 23.6 Å². The lowest BCUT2D eigenvalue weighted by Crippen LogP contribution is -2.30. The van der Waals surface area contributed by atoms with Gasteiger partial charge in [0.15, 0.2) is 0 Å². The van der Waals surface area contributed by atoms with Gasteiger partial charge >= 0.3 is 6.16 Å². The zero-order valence-corrected chi connectivity index (χ0v) is 17.0. The highest BCUT2D eigenvalue weighted by molar-refractivity contribution is 5.59. The summed E-state index contributed by atoms with van der Waals surface area (Å²) in [7, 11) is 0. The van der Waals surface area contributed by atoms with Crippen LogP contribution in [0.5, 0.6) is 0 Å². The van der Waals surface area contributed by atoms with Crippen molar-refractivity contribution in [3.8, 4) is 0 Å². The van der Waals surface area contributed by atoms with E-state index >= 15 is 0 Å². The van der Waals surface area contributed by atoms with Crippen LogP contribution in [-0.4, -0.2) is 68.6 Å². The molecular weight excluding hydrogens is 384 g/mol. The zero-order chi connectivity index (χ0) is 20.6. The highest BCUT2D eigenvalue weighted by Crippen LogP contribution is 2.27. The van der Waals surface area contributed by atoms with Crippen molar-refractivity contribution in [2.75, 3.05) is 52.6 Å². The van der Waals surface area contributed by atoms with Gasteiger partial charge in [-0.2, -0.15) is 0 Å². The topological polar surface area (TPSA) is 60.5 Å². The fourth-order valence-corrected chi connectivity index (χ4v) is 3.85. The predicted molar refractivity (Wildman–Crippen MR) is 111 cm³/mol. The Morgan fingerprint density at radius 1 is 0.767 bits per heavy atom. The molecule has 0 spiro atoms. The minimum atomic E-state index is -0.636. The van der Waals surface area contributed by atoms with Crippen LogP contribution in [0.3, 0.4) is 0 Å². The van der Waals surface area contributed by atoms with Crippen molar-refractivity contribution in [3.63, 3.8) is 0 Å². The van der Waals surface area contributed by atoms with Crippen molar-refractivity contribution < 1.29 is 23.7 Å². The number of nitrogens with zero attached hydrogens (tertiary/aromatic N) is 2. The van der Waals surface area contributed by atoms with Crippen LogP contribution in [0, 0.1) is 0 Å². The molecule has 0 bridgehead atoms. The lowest BCUT2D eigenvalue weighted by Gasteiger charge is -2.23. The molecule has 2 aliphatic heterocycles. The summed E-state index contributed by atoms with van der Waals surface area (Å²) in [6, 6.07) is 20.1. The van der Waals surface area contributed by atoms with Crippen molar-refractivity contribution in [2.24, 2.45) is 0 Å². The van der Waals surface area contributed by atoms with Crippen LogP contribution in [0.2, 0.25) is 0 Å². The molecule has 0 amide bonds. The molecule has 30 heavy (non-hydrogen) atoms. The van der Waals surface area contributed by atoms with E-state index < -0.39 is 6.16 Å². The van der Waals surface area contributed by atoms with Crippen molar-refractivity contribution in [2.45, 2.75) is 12.5 Å². The van der Waals surface area contributed by atoms with E-state index in [4.69, 9.17) is 18.9 Å². The summed E-state index contributed by atoms with van der Waals surface area (Å²) < 4.78 is 22.1. The molecule has 2 saturated heterocycles. The van der Waals surface area contributed by atoms with Gasteiger partial charge in [-0.1, -0.05) is 60.7 Å². The molecule has 7 nitrogen and oxygen atoms in total. The van der Waals surface area contributed by atoms with Crippen LogP contribution in [0.25, 0.3) is 0 Å². The molecule has 2 aromatic rings. The number of hydrogen-bond acceptors (Lipinski definition) is 7. The number of rotatable bonds is 8. The Morgan fingerprint density at radius 3 is 1.63 bits per heavy atom. The number of ether oxygens (including phenoxy) is 4. The molecule has 2 heterocycles. The summed E-state index contributed by atoms with van der Waals surface area (Å²) in [5.41, 5.74) is 2.22. The fourth-order valence-electron chi connectivity index (χ4n) is 3.85. The molecule has 4 rings (SSSR count). The van der Waals surface area contributed by atoms with Crippen LogP contribution in [0.15, 0.2) is 60.7 Å². The first-order valence-corrected chi connectivity index (χ1v) is 10.4. The molecule has 2 aromatic carbocycles. The van der Waals surface area contributed by atoms with Crippen LogP contribution >= 0.6 is 0 Å². The third-order valence-electron chi connectivity index (χ3n) is 5.34. The minimum absolute atomic E-state index is 0.0871. The molecule has 0 aromatic heterocycles. The maximum atomic E-state index is 11.9. The minimum Gasteiger partial charge on any atom is -0.433 e. The second-order valence-electron chi connectivity index (χ2n) is 7.29. The number of carbonyl (C=O) groups is 1. The largest absolute Gasteiger partial charge is 0.508 e. The number of carbonyl (C=O) groups excluding carboxylic acids is 1. The van der Waals surface area contributed by atoms with E-state index in [-0.39, 0.29) is 25.7 Å².